The molecule has 8 nitrogen and oxygen atoms in total. The molecule has 11 heteroatoms. The first-order valence-corrected chi connectivity index (χ1v) is 13.2. The van der Waals surface area contributed by atoms with Crippen LogP contribution >= 0.6 is 0 Å². The van der Waals surface area contributed by atoms with Crippen molar-refractivity contribution in [1.82, 2.24) is 24.8 Å². The van der Waals surface area contributed by atoms with Crippen LogP contribution in [0.15, 0.2) is 60.8 Å². The van der Waals surface area contributed by atoms with E-state index in [9.17, 15) is 18.0 Å². The second-order valence-corrected chi connectivity index (χ2v) is 10.2. The minimum atomic E-state index is -4.39. The lowest BCUT2D eigenvalue weighted by Crippen LogP contribution is -2.46. The van der Waals surface area contributed by atoms with Gasteiger partial charge >= 0.3 is 6.18 Å². The molecule has 0 saturated carbocycles. The van der Waals surface area contributed by atoms with Crippen LogP contribution in [0.2, 0.25) is 0 Å². The third-order valence-electron chi connectivity index (χ3n) is 7.12. The molecule has 1 aliphatic heterocycles. The standard InChI is InChI=1S/C29H31F3N6O2.2H2/c1-18(2)38-14-11-21(12-15-38)34-27(39)25-17-23(10-13-33-25)40-22-8-9-26-24(16-22)36-28(37(26)3)35-20-6-4-19(5-7-20)29(30,31)32;;/h4-10,13,16-18,21H,11-12,14-15H2,1-3H3,(H,34,39)(H,35,36);2*1H. The molecule has 3 heterocycles. The summed E-state index contributed by atoms with van der Waals surface area (Å²) in [5.74, 6) is 1.22. The summed E-state index contributed by atoms with van der Waals surface area (Å²) in [5.41, 5.74) is 1.49. The maximum atomic E-state index is 12.9. The van der Waals surface area contributed by atoms with E-state index in [1.807, 2.05) is 13.1 Å². The zero-order valence-corrected chi connectivity index (χ0v) is 22.5. The van der Waals surface area contributed by atoms with Crippen LogP contribution in [-0.4, -0.2) is 50.5 Å². The number of fused-ring (bicyclic) bond motifs is 1. The average molecular weight is 557 g/mol. The van der Waals surface area contributed by atoms with Gasteiger partial charge in [0.2, 0.25) is 5.95 Å². The van der Waals surface area contributed by atoms with Crippen molar-refractivity contribution >= 4 is 28.6 Å². The number of anilines is 2. The van der Waals surface area contributed by atoms with Crippen molar-refractivity contribution in [1.29, 1.82) is 0 Å². The lowest BCUT2D eigenvalue weighted by Gasteiger charge is -2.34. The lowest BCUT2D eigenvalue weighted by atomic mass is 10.0. The van der Waals surface area contributed by atoms with Crippen molar-refractivity contribution < 1.29 is 25.6 Å². The molecular formula is C29H35F3N6O2. The molecule has 5 rings (SSSR count). The highest BCUT2D eigenvalue weighted by molar-refractivity contribution is 5.92. The van der Waals surface area contributed by atoms with E-state index in [0.29, 0.717) is 34.7 Å². The van der Waals surface area contributed by atoms with Crippen LogP contribution in [-0.2, 0) is 13.2 Å². The van der Waals surface area contributed by atoms with Crippen LogP contribution in [0, 0.1) is 0 Å². The van der Waals surface area contributed by atoms with Gasteiger partial charge in [-0.1, -0.05) is 0 Å². The number of piperidine rings is 1. The quantitative estimate of drug-likeness (QED) is 0.266. The SMILES string of the molecule is CC(C)N1CCC(NC(=O)c2cc(Oc3ccc4c(c3)nc(Nc3ccc(C(F)(F)F)cc3)n4C)ccn2)CC1.[HH].[HH]. The predicted octanol–water partition coefficient (Wildman–Crippen LogP) is 6.62. The average Bonchev–Trinajstić information content (AvgIpc) is 3.23. The van der Waals surface area contributed by atoms with Gasteiger partial charge in [0.25, 0.3) is 5.91 Å². The highest BCUT2D eigenvalue weighted by atomic mass is 19.4. The van der Waals surface area contributed by atoms with Gasteiger partial charge in [0.15, 0.2) is 0 Å². The Morgan fingerprint density at radius 2 is 1.75 bits per heavy atom. The highest BCUT2D eigenvalue weighted by Gasteiger charge is 2.30. The molecule has 214 valence electrons. The van der Waals surface area contributed by atoms with Crippen LogP contribution in [0.3, 0.4) is 0 Å². The van der Waals surface area contributed by atoms with Crippen molar-refractivity contribution in [3.8, 4) is 11.5 Å². The minimum Gasteiger partial charge on any atom is -0.457 e. The summed E-state index contributed by atoms with van der Waals surface area (Å²) in [6.45, 7) is 6.27. The number of ether oxygens (including phenoxy) is 1. The van der Waals surface area contributed by atoms with Crippen molar-refractivity contribution in [3.63, 3.8) is 0 Å². The molecule has 0 bridgehead atoms. The molecule has 0 radical (unpaired) electrons. The van der Waals surface area contributed by atoms with Gasteiger partial charge in [-0.3, -0.25) is 9.78 Å². The van der Waals surface area contributed by atoms with Crippen LogP contribution in [0.4, 0.5) is 24.8 Å². The number of rotatable bonds is 7. The topological polar surface area (TPSA) is 84.3 Å². The Kier molecular flexibility index (Phi) is 7.66. The summed E-state index contributed by atoms with van der Waals surface area (Å²) in [6.07, 6.45) is -1.05. The summed E-state index contributed by atoms with van der Waals surface area (Å²) in [6, 6.07) is 14.1. The Balaban J connectivity index is 0.00000242. The fourth-order valence-electron chi connectivity index (χ4n) is 4.78. The predicted molar refractivity (Wildman–Crippen MR) is 151 cm³/mol. The highest BCUT2D eigenvalue weighted by Crippen LogP contribution is 2.31. The Bertz CT molecular complexity index is 1500. The first-order valence-electron chi connectivity index (χ1n) is 13.2. The number of hydrogen-bond acceptors (Lipinski definition) is 6. The maximum Gasteiger partial charge on any atom is 0.416 e. The van der Waals surface area contributed by atoms with Crippen LogP contribution in [0.5, 0.6) is 11.5 Å². The van der Waals surface area contributed by atoms with E-state index in [1.54, 1.807) is 28.8 Å². The summed E-state index contributed by atoms with van der Waals surface area (Å²) in [5, 5.41) is 6.15. The van der Waals surface area contributed by atoms with Gasteiger partial charge in [-0.15, -0.1) is 0 Å². The number of aryl methyl sites for hydroxylation is 1. The van der Waals surface area contributed by atoms with Crippen molar-refractivity contribution in [2.45, 2.75) is 44.9 Å². The number of carbonyl (C=O) groups is 1. The first-order chi connectivity index (χ1) is 19.1. The van der Waals surface area contributed by atoms with E-state index in [0.717, 1.165) is 43.6 Å². The van der Waals surface area contributed by atoms with Gasteiger partial charge in [-0.05, 0) is 69.2 Å². The Morgan fingerprint density at radius 3 is 2.42 bits per heavy atom. The van der Waals surface area contributed by atoms with Gasteiger partial charge in [-0.2, -0.15) is 13.2 Å². The molecule has 1 amide bonds. The zero-order chi connectivity index (χ0) is 28.4. The first kappa shape index (κ1) is 27.4. The number of imidazole rings is 1. The van der Waals surface area contributed by atoms with Gasteiger partial charge in [0, 0.05) is 59.1 Å². The molecule has 2 aromatic carbocycles. The Morgan fingerprint density at radius 1 is 1.05 bits per heavy atom. The summed E-state index contributed by atoms with van der Waals surface area (Å²) in [4.78, 5) is 24.1. The number of halogens is 3. The second-order valence-electron chi connectivity index (χ2n) is 10.2. The number of likely N-dealkylation sites (tertiary alicyclic amines) is 1. The minimum absolute atomic E-state index is 0. The van der Waals surface area contributed by atoms with Crippen LogP contribution < -0.4 is 15.4 Å². The third-order valence-corrected chi connectivity index (χ3v) is 7.12. The number of carbonyl (C=O) groups excluding carboxylic acids is 1. The monoisotopic (exact) mass is 556 g/mol. The largest absolute Gasteiger partial charge is 0.457 e. The lowest BCUT2D eigenvalue weighted by molar-refractivity contribution is -0.137. The van der Waals surface area contributed by atoms with Gasteiger partial charge in [0.05, 0.1) is 16.6 Å². The maximum absolute atomic E-state index is 12.9. The molecule has 1 aliphatic rings. The number of hydrogen-bond donors (Lipinski definition) is 2. The number of alkyl halides is 3. The number of benzene rings is 2. The van der Waals surface area contributed by atoms with Gasteiger partial charge in [-0.25, -0.2) is 4.98 Å². The number of pyridine rings is 1. The normalized spacial score (nSPS) is 15.0. The molecule has 40 heavy (non-hydrogen) atoms. The van der Waals surface area contributed by atoms with E-state index in [2.05, 4.69) is 39.3 Å². The molecule has 0 unspecified atom stereocenters. The van der Waals surface area contributed by atoms with E-state index in [-0.39, 0.29) is 20.5 Å². The number of amides is 1. The van der Waals surface area contributed by atoms with E-state index >= 15 is 0 Å². The molecule has 0 aliphatic carbocycles. The summed E-state index contributed by atoms with van der Waals surface area (Å²) >= 11 is 0. The Hall–Kier alpha value is -4.12. The van der Waals surface area contributed by atoms with E-state index < -0.39 is 11.7 Å². The number of nitrogens with zero attached hydrogens (tertiary/aromatic N) is 4. The van der Waals surface area contributed by atoms with Gasteiger partial charge < -0.3 is 24.8 Å². The molecule has 2 aromatic heterocycles. The van der Waals surface area contributed by atoms with E-state index in [4.69, 9.17) is 4.74 Å². The smallest absolute Gasteiger partial charge is 0.416 e. The van der Waals surface area contributed by atoms with Crippen LogP contribution in [0.1, 0.15) is 45.6 Å². The second kappa shape index (κ2) is 11.2. The van der Waals surface area contributed by atoms with Crippen molar-refractivity contribution in [3.05, 3.63) is 72.1 Å². The van der Waals surface area contributed by atoms with Gasteiger partial charge in [0.1, 0.15) is 17.2 Å². The molecule has 2 N–H and O–H groups in total. The summed E-state index contributed by atoms with van der Waals surface area (Å²) in [7, 11) is 1.81. The number of nitrogens with one attached hydrogen (secondary N) is 2. The fourth-order valence-corrected chi connectivity index (χ4v) is 4.78. The molecule has 0 atom stereocenters. The molecule has 0 spiro atoms. The zero-order valence-electron chi connectivity index (χ0n) is 22.5. The van der Waals surface area contributed by atoms with Crippen molar-refractivity contribution in [2.75, 3.05) is 18.4 Å². The molecular weight excluding hydrogens is 521 g/mol. The summed E-state index contributed by atoms with van der Waals surface area (Å²) < 4.78 is 46.4. The molecule has 1 fully saturated rings. The molecule has 4 aromatic rings. The van der Waals surface area contributed by atoms with E-state index in [1.165, 1.54) is 18.3 Å². The van der Waals surface area contributed by atoms with Crippen molar-refractivity contribution in [2.24, 2.45) is 7.05 Å². The third kappa shape index (κ3) is 6.20. The number of aromatic nitrogens is 3. The molecule has 1 saturated heterocycles. The fraction of sp³-hybridized carbons (Fsp3) is 0.345. The Labute approximate surface area is 233 Å². The van der Waals surface area contributed by atoms with Crippen LogP contribution in [0.25, 0.3) is 11.0 Å².